The van der Waals surface area contributed by atoms with Crippen LogP contribution >= 0.6 is 0 Å². The Kier molecular flexibility index (Phi) is 4.76. The van der Waals surface area contributed by atoms with Gasteiger partial charge in [-0.3, -0.25) is 4.90 Å². The molecule has 0 amide bonds. The zero-order valence-corrected chi connectivity index (χ0v) is 11.3. The molecule has 0 spiro atoms. The van der Waals surface area contributed by atoms with Crippen LogP contribution in [-0.2, 0) is 9.84 Å². The Labute approximate surface area is 99.1 Å². The van der Waals surface area contributed by atoms with Crippen LogP contribution in [0.5, 0.6) is 0 Å². The maximum Gasteiger partial charge on any atom is 0.153 e. The molecule has 0 aromatic carbocycles. The summed E-state index contributed by atoms with van der Waals surface area (Å²) in [4.78, 5) is 2.24. The van der Waals surface area contributed by atoms with Crippen molar-refractivity contribution in [2.45, 2.75) is 39.3 Å². The van der Waals surface area contributed by atoms with Gasteiger partial charge in [-0.05, 0) is 25.8 Å². The van der Waals surface area contributed by atoms with Gasteiger partial charge >= 0.3 is 0 Å². The van der Waals surface area contributed by atoms with E-state index in [4.69, 9.17) is 5.73 Å². The molecule has 2 unspecified atom stereocenters. The van der Waals surface area contributed by atoms with Crippen molar-refractivity contribution in [1.29, 1.82) is 0 Å². The van der Waals surface area contributed by atoms with Gasteiger partial charge < -0.3 is 5.73 Å². The van der Waals surface area contributed by atoms with Crippen molar-refractivity contribution < 1.29 is 8.42 Å². The minimum absolute atomic E-state index is 0.137. The minimum atomic E-state index is -2.79. The van der Waals surface area contributed by atoms with E-state index in [0.717, 1.165) is 13.0 Å². The Morgan fingerprint density at radius 2 is 2.06 bits per heavy atom. The van der Waals surface area contributed by atoms with Crippen molar-refractivity contribution in [3.8, 4) is 0 Å². The van der Waals surface area contributed by atoms with Crippen molar-refractivity contribution in [3.63, 3.8) is 0 Å². The lowest BCUT2D eigenvalue weighted by Gasteiger charge is -2.34. The van der Waals surface area contributed by atoms with E-state index in [2.05, 4.69) is 18.7 Å². The van der Waals surface area contributed by atoms with Gasteiger partial charge in [0, 0.05) is 18.6 Å². The molecular weight excluding hydrogens is 224 g/mol. The lowest BCUT2D eigenvalue weighted by Crippen LogP contribution is -2.48. The highest BCUT2D eigenvalue weighted by Crippen LogP contribution is 2.13. The molecule has 1 saturated heterocycles. The quantitative estimate of drug-likeness (QED) is 0.786. The van der Waals surface area contributed by atoms with E-state index in [1.54, 1.807) is 0 Å². The first kappa shape index (κ1) is 13.9. The van der Waals surface area contributed by atoms with Gasteiger partial charge in [-0.25, -0.2) is 8.42 Å². The highest BCUT2D eigenvalue weighted by Gasteiger charge is 2.27. The van der Waals surface area contributed by atoms with Gasteiger partial charge in [0.25, 0.3) is 0 Å². The number of sulfone groups is 1. The van der Waals surface area contributed by atoms with Crippen LogP contribution in [0, 0.1) is 5.92 Å². The predicted molar refractivity (Wildman–Crippen MR) is 67.1 cm³/mol. The number of rotatable bonds is 4. The van der Waals surface area contributed by atoms with Crippen LogP contribution in [0.4, 0.5) is 0 Å². The molecule has 1 aliphatic rings. The lowest BCUT2D eigenvalue weighted by atomic mass is 10.0. The first-order chi connectivity index (χ1) is 7.32. The molecular formula is C11H24N2O2S. The maximum absolute atomic E-state index is 11.4. The molecule has 96 valence electrons. The highest BCUT2D eigenvalue weighted by molar-refractivity contribution is 7.91. The summed E-state index contributed by atoms with van der Waals surface area (Å²) < 4.78 is 22.8. The third-order valence-corrected chi connectivity index (χ3v) is 5.21. The van der Waals surface area contributed by atoms with E-state index in [1.165, 1.54) is 0 Å². The van der Waals surface area contributed by atoms with Crippen molar-refractivity contribution in [2.75, 3.05) is 24.6 Å². The average molecular weight is 248 g/mol. The van der Waals surface area contributed by atoms with Crippen molar-refractivity contribution in [2.24, 2.45) is 11.7 Å². The summed E-state index contributed by atoms with van der Waals surface area (Å²) in [6.07, 6.45) is 0.946. The van der Waals surface area contributed by atoms with Gasteiger partial charge in [0.15, 0.2) is 9.84 Å². The molecule has 2 N–H and O–H groups in total. The largest absolute Gasteiger partial charge is 0.327 e. The number of hydrogen-bond donors (Lipinski definition) is 1. The molecule has 1 rings (SSSR count). The van der Waals surface area contributed by atoms with Crippen LogP contribution in [0.1, 0.15) is 27.2 Å². The number of nitrogens with two attached hydrogens (primary N) is 1. The van der Waals surface area contributed by atoms with Crippen LogP contribution in [0.2, 0.25) is 0 Å². The zero-order chi connectivity index (χ0) is 12.3. The van der Waals surface area contributed by atoms with E-state index in [1.807, 2.05) is 6.92 Å². The molecule has 0 radical (unpaired) electrons. The average Bonchev–Trinajstić information content (AvgIpc) is 2.14. The SMILES string of the molecule is CC(C)C(N)CCN1CCS(=O)(=O)CC1C. The zero-order valence-electron chi connectivity index (χ0n) is 10.5. The number of nitrogens with zero attached hydrogens (tertiary/aromatic N) is 1. The summed E-state index contributed by atoms with van der Waals surface area (Å²) in [5.74, 6) is 1.09. The molecule has 0 aromatic rings. The van der Waals surface area contributed by atoms with E-state index < -0.39 is 9.84 Å². The molecule has 16 heavy (non-hydrogen) atoms. The third-order valence-electron chi connectivity index (χ3n) is 3.41. The van der Waals surface area contributed by atoms with Gasteiger partial charge in [-0.1, -0.05) is 13.8 Å². The van der Waals surface area contributed by atoms with Crippen molar-refractivity contribution >= 4 is 9.84 Å². The summed E-state index contributed by atoms with van der Waals surface area (Å²) in [5.41, 5.74) is 5.99. The Balaban J connectivity index is 2.39. The standard InChI is InChI=1S/C11H24N2O2S/c1-9(2)11(12)4-5-13-6-7-16(14,15)8-10(13)3/h9-11H,4-8,12H2,1-3H3. The van der Waals surface area contributed by atoms with Gasteiger partial charge in [0.2, 0.25) is 0 Å². The van der Waals surface area contributed by atoms with Crippen molar-refractivity contribution in [1.82, 2.24) is 4.90 Å². The molecule has 0 saturated carbocycles. The fourth-order valence-corrected chi connectivity index (χ4v) is 3.64. The Hall–Kier alpha value is -0.130. The summed E-state index contributed by atoms with van der Waals surface area (Å²) in [5, 5.41) is 0. The molecule has 4 nitrogen and oxygen atoms in total. The smallest absolute Gasteiger partial charge is 0.153 e. The Bertz CT molecular complexity index is 314. The van der Waals surface area contributed by atoms with E-state index in [0.29, 0.717) is 24.0 Å². The van der Waals surface area contributed by atoms with E-state index in [9.17, 15) is 8.42 Å². The van der Waals surface area contributed by atoms with Crippen LogP contribution in [0.15, 0.2) is 0 Å². The fraction of sp³-hybridized carbons (Fsp3) is 1.00. The first-order valence-electron chi connectivity index (χ1n) is 6.02. The molecule has 0 aromatic heterocycles. The first-order valence-corrected chi connectivity index (χ1v) is 7.84. The minimum Gasteiger partial charge on any atom is -0.327 e. The predicted octanol–water partition coefficient (Wildman–Crippen LogP) is 0.479. The van der Waals surface area contributed by atoms with Crippen LogP contribution in [0.3, 0.4) is 0 Å². The molecule has 1 aliphatic heterocycles. The van der Waals surface area contributed by atoms with Crippen LogP contribution < -0.4 is 5.73 Å². The topological polar surface area (TPSA) is 63.4 Å². The van der Waals surface area contributed by atoms with Gasteiger partial charge in [0.1, 0.15) is 0 Å². The third kappa shape index (κ3) is 4.03. The normalized spacial score (nSPS) is 28.2. The number of hydrogen-bond acceptors (Lipinski definition) is 4. The molecule has 1 heterocycles. The Morgan fingerprint density at radius 3 is 2.56 bits per heavy atom. The second-order valence-electron chi connectivity index (χ2n) is 5.20. The van der Waals surface area contributed by atoms with E-state index in [-0.39, 0.29) is 12.1 Å². The van der Waals surface area contributed by atoms with Gasteiger partial charge in [-0.2, -0.15) is 0 Å². The van der Waals surface area contributed by atoms with Crippen LogP contribution in [-0.4, -0.2) is 50.0 Å². The summed E-state index contributed by atoms with van der Waals surface area (Å²) in [6.45, 7) is 7.80. The van der Waals surface area contributed by atoms with Gasteiger partial charge in [0.05, 0.1) is 11.5 Å². The lowest BCUT2D eigenvalue weighted by molar-refractivity contribution is 0.213. The van der Waals surface area contributed by atoms with Gasteiger partial charge in [-0.15, -0.1) is 0 Å². The second-order valence-corrected chi connectivity index (χ2v) is 7.42. The second kappa shape index (κ2) is 5.47. The van der Waals surface area contributed by atoms with E-state index >= 15 is 0 Å². The maximum atomic E-state index is 11.4. The molecule has 0 aliphatic carbocycles. The summed E-state index contributed by atoms with van der Waals surface area (Å²) in [7, 11) is -2.79. The molecule has 5 heteroatoms. The summed E-state index contributed by atoms with van der Waals surface area (Å²) >= 11 is 0. The molecule has 1 fully saturated rings. The highest BCUT2D eigenvalue weighted by atomic mass is 32.2. The van der Waals surface area contributed by atoms with Crippen molar-refractivity contribution in [3.05, 3.63) is 0 Å². The monoisotopic (exact) mass is 248 g/mol. The fourth-order valence-electron chi connectivity index (χ4n) is 2.01. The molecule has 0 bridgehead atoms. The van der Waals surface area contributed by atoms with Crippen LogP contribution in [0.25, 0.3) is 0 Å². The molecule has 2 atom stereocenters. The Morgan fingerprint density at radius 1 is 1.44 bits per heavy atom. The summed E-state index contributed by atoms with van der Waals surface area (Å²) in [6, 6.07) is 0.351.